The average Bonchev–Trinajstić information content (AvgIpc) is 2.65. The Hall–Kier alpha value is -0.840. The maximum absolute atomic E-state index is 6.35. The van der Waals surface area contributed by atoms with Crippen molar-refractivity contribution in [3.63, 3.8) is 0 Å². The van der Waals surface area contributed by atoms with Crippen LogP contribution >= 0.6 is 27.5 Å². The molecule has 0 saturated heterocycles. The lowest BCUT2D eigenvalue weighted by molar-refractivity contribution is 0.547. The molecule has 0 spiro atoms. The standard InChI is InChI=1S/C15H19BrClN3/c1-4-18-14(11-7-5-6-8-13(11)16)9-12-10(2)19-20(3)15(12)17/h5-8,14,18H,4,9H2,1-3H3. The highest BCUT2D eigenvalue weighted by Crippen LogP contribution is 2.29. The van der Waals surface area contributed by atoms with Crippen LogP contribution < -0.4 is 5.32 Å². The molecule has 0 radical (unpaired) electrons. The Labute approximate surface area is 133 Å². The average molecular weight is 357 g/mol. The van der Waals surface area contributed by atoms with Crippen molar-refractivity contribution in [3.05, 3.63) is 50.7 Å². The maximum atomic E-state index is 6.35. The summed E-state index contributed by atoms with van der Waals surface area (Å²) < 4.78 is 2.85. The molecule has 1 N–H and O–H groups in total. The third-order valence-electron chi connectivity index (χ3n) is 3.41. The summed E-state index contributed by atoms with van der Waals surface area (Å²) in [6, 6.07) is 8.51. The second-order valence-corrected chi connectivity index (χ2v) is 6.03. The Bertz CT molecular complexity index is 595. The third kappa shape index (κ3) is 3.25. The van der Waals surface area contributed by atoms with Crippen LogP contribution in [0.25, 0.3) is 0 Å². The first-order valence-electron chi connectivity index (χ1n) is 6.70. The second-order valence-electron chi connectivity index (χ2n) is 4.81. The number of aromatic nitrogens is 2. The number of benzene rings is 1. The number of hydrogen-bond acceptors (Lipinski definition) is 2. The third-order valence-corrected chi connectivity index (χ3v) is 4.60. The predicted molar refractivity (Wildman–Crippen MR) is 87.2 cm³/mol. The lowest BCUT2D eigenvalue weighted by Crippen LogP contribution is -2.23. The van der Waals surface area contributed by atoms with E-state index >= 15 is 0 Å². The van der Waals surface area contributed by atoms with E-state index in [4.69, 9.17) is 11.6 Å². The van der Waals surface area contributed by atoms with Gasteiger partial charge in [0.25, 0.3) is 0 Å². The summed E-state index contributed by atoms with van der Waals surface area (Å²) in [5, 5.41) is 8.63. The number of halogens is 2. The number of likely N-dealkylation sites (N-methyl/N-ethyl adjacent to an activating group) is 1. The molecule has 5 heteroatoms. The van der Waals surface area contributed by atoms with Crippen molar-refractivity contribution < 1.29 is 0 Å². The van der Waals surface area contributed by atoms with Crippen molar-refractivity contribution in [2.24, 2.45) is 7.05 Å². The Morgan fingerprint density at radius 1 is 1.40 bits per heavy atom. The minimum atomic E-state index is 0.218. The van der Waals surface area contributed by atoms with E-state index in [0.29, 0.717) is 0 Å². The van der Waals surface area contributed by atoms with Gasteiger partial charge in [-0.15, -0.1) is 0 Å². The zero-order valence-corrected chi connectivity index (χ0v) is 14.3. The normalized spacial score (nSPS) is 12.7. The molecular formula is C15H19BrClN3. The molecule has 0 aliphatic rings. The summed E-state index contributed by atoms with van der Waals surface area (Å²) in [7, 11) is 1.87. The first kappa shape index (κ1) is 15.5. The topological polar surface area (TPSA) is 29.9 Å². The SMILES string of the molecule is CCNC(Cc1c(C)nn(C)c1Cl)c1ccccc1Br. The molecule has 1 unspecified atom stereocenters. The van der Waals surface area contributed by atoms with Crippen molar-refractivity contribution in [1.82, 2.24) is 15.1 Å². The zero-order valence-electron chi connectivity index (χ0n) is 12.0. The van der Waals surface area contributed by atoms with E-state index in [-0.39, 0.29) is 6.04 Å². The van der Waals surface area contributed by atoms with Crippen LogP contribution in [0, 0.1) is 6.92 Å². The van der Waals surface area contributed by atoms with E-state index in [2.05, 4.69) is 51.5 Å². The summed E-state index contributed by atoms with van der Waals surface area (Å²) in [5.41, 5.74) is 3.34. The van der Waals surface area contributed by atoms with Gasteiger partial charge in [-0.25, -0.2) is 0 Å². The summed E-state index contributed by atoms with van der Waals surface area (Å²) in [6.07, 6.45) is 0.828. The molecule has 2 rings (SSSR count). The smallest absolute Gasteiger partial charge is 0.130 e. The first-order chi connectivity index (χ1) is 9.54. The molecule has 0 bridgehead atoms. The van der Waals surface area contributed by atoms with Gasteiger partial charge in [-0.1, -0.05) is 52.7 Å². The van der Waals surface area contributed by atoms with Gasteiger partial charge in [0.05, 0.1) is 5.69 Å². The van der Waals surface area contributed by atoms with Crippen molar-refractivity contribution in [1.29, 1.82) is 0 Å². The molecule has 1 heterocycles. The Morgan fingerprint density at radius 2 is 2.10 bits per heavy atom. The monoisotopic (exact) mass is 355 g/mol. The molecule has 1 aromatic carbocycles. The lowest BCUT2D eigenvalue weighted by atomic mass is 9.99. The molecule has 2 aromatic rings. The van der Waals surface area contributed by atoms with E-state index < -0.39 is 0 Å². The Kier molecular flexibility index (Phi) is 5.24. The molecular weight excluding hydrogens is 338 g/mol. The summed E-state index contributed by atoms with van der Waals surface area (Å²) in [4.78, 5) is 0. The van der Waals surface area contributed by atoms with Gasteiger partial charge in [-0.05, 0) is 31.5 Å². The zero-order chi connectivity index (χ0) is 14.7. The quantitative estimate of drug-likeness (QED) is 0.876. The van der Waals surface area contributed by atoms with E-state index in [1.165, 1.54) is 5.56 Å². The van der Waals surface area contributed by atoms with Gasteiger partial charge >= 0.3 is 0 Å². The molecule has 0 aliphatic carbocycles. The summed E-state index contributed by atoms with van der Waals surface area (Å²) in [5.74, 6) is 0. The Morgan fingerprint density at radius 3 is 2.65 bits per heavy atom. The van der Waals surface area contributed by atoms with Crippen LogP contribution in [0.4, 0.5) is 0 Å². The van der Waals surface area contributed by atoms with Gasteiger partial charge in [0.1, 0.15) is 5.15 Å². The minimum absolute atomic E-state index is 0.218. The number of hydrogen-bond donors (Lipinski definition) is 1. The van der Waals surface area contributed by atoms with Crippen LogP contribution in [0.2, 0.25) is 5.15 Å². The van der Waals surface area contributed by atoms with Gasteiger partial charge in [0.15, 0.2) is 0 Å². The predicted octanol–water partition coefficient (Wildman–Crippen LogP) is 4.04. The molecule has 0 aliphatic heterocycles. The molecule has 20 heavy (non-hydrogen) atoms. The van der Waals surface area contributed by atoms with Crippen molar-refractivity contribution in [2.45, 2.75) is 26.3 Å². The van der Waals surface area contributed by atoms with E-state index in [1.807, 2.05) is 20.0 Å². The van der Waals surface area contributed by atoms with Crippen molar-refractivity contribution >= 4 is 27.5 Å². The lowest BCUT2D eigenvalue weighted by Gasteiger charge is -2.19. The van der Waals surface area contributed by atoms with Crippen LogP contribution in [0.5, 0.6) is 0 Å². The van der Waals surface area contributed by atoms with Gasteiger partial charge in [-0.2, -0.15) is 5.10 Å². The van der Waals surface area contributed by atoms with E-state index in [1.54, 1.807) is 4.68 Å². The highest BCUT2D eigenvalue weighted by molar-refractivity contribution is 9.10. The van der Waals surface area contributed by atoms with Gasteiger partial charge < -0.3 is 5.32 Å². The van der Waals surface area contributed by atoms with Gasteiger partial charge in [0, 0.05) is 23.1 Å². The van der Waals surface area contributed by atoms with Crippen LogP contribution in [0.3, 0.4) is 0 Å². The summed E-state index contributed by atoms with van der Waals surface area (Å²) >= 11 is 9.98. The molecule has 1 atom stereocenters. The molecule has 0 fully saturated rings. The molecule has 0 saturated carbocycles. The molecule has 108 valence electrons. The number of nitrogens with one attached hydrogen (secondary N) is 1. The van der Waals surface area contributed by atoms with E-state index in [9.17, 15) is 0 Å². The van der Waals surface area contributed by atoms with Crippen LogP contribution in [-0.2, 0) is 13.5 Å². The highest BCUT2D eigenvalue weighted by Gasteiger charge is 2.19. The van der Waals surface area contributed by atoms with E-state index in [0.717, 1.165) is 33.8 Å². The number of rotatable bonds is 5. The number of aryl methyl sites for hydroxylation is 2. The fraction of sp³-hybridized carbons (Fsp3) is 0.400. The van der Waals surface area contributed by atoms with Crippen molar-refractivity contribution in [3.8, 4) is 0 Å². The molecule has 1 aromatic heterocycles. The minimum Gasteiger partial charge on any atom is -0.310 e. The molecule has 0 amide bonds. The largest absolute Gasteiger partial charge is 0.310 e. The second kappa shape index (κ2) is 6.74. The van der Waals surface area contributed by atoms with Crippen LogP contribution in [-0.4, -0.2) is 16.3 Å². The maximum Gasteiger partial charge on any atom is 0.130 e. The first-order valence-corrected chi connectivity index (χ1v) is 7.87. The fourth-order valence-electron chi connectivity index (χ4n) is 2.41. The molecule has 3 nitrogen and oxygen atoms in total. The van der Waals surface area contributed by atoms with Gasteiger partial charge in [0.2, 0.25) is 0 Å². The summed E-state index contributed by atoms with van der Waals surface area (Å²) in [6.45, 7) is 5.02. The number of nitrogens with zero attached hydrogens (tertiary/aromatic N) is 2. The fourth-order valence-corrected chi connectivity index (χ4v) is 3.22. The Balaban J connectivity index is 2.33. The van der Waals surface area contributed by atoms with Crippen LogP contribution in [0.1, 0.15) is 29.8 Å². The van der Waals surface area contributed by atoms with Crippen molar-refractivity contribution in [2.75, 3.05) is 6.54 Å². The highest BCUT2D eigenvalue weighted by atomic mass is 79.9. The van der Waals surface area contributed by atoms with Crippen LogP contribution in [0.15, 0.2) is 28.7 Å². The van der Waals surface area contributed by atoms with Gasteiger partial charge in [-0.3, -0.25) is 4.68 Å².